The van der Waals surface area contributed by atoms with E-state index in [9.17, 15) is 22.8 Å². The molecule has 0 heterocycles. The molecule has 2 amide bonds. The van der Waals surface area contributed by atoms with E-state index in [1.807, 2.05) is 0 Å². The molecule has 0 unspecified atom stereocenters. The van der Waals surface area contributed by atoms with Crippen LogP contribution < -0.4 is 10.6 Å². The maximum absolute atomic E-state index is 12.8. The van der Waals surface area contributed by atoms with Gasteiger partial charge >= 0.3 is 6.18 Å². The molecule has 0 aliphatic carbocycles. The lowest BCUT2D eigenvalue weighted by Gasteiger charge is -2.11. The van der Waals surface area contributed by atoms with Crippen molar-refractivity contribution in [2.45, 2.75) is 19.0 Å². The maximum atomic E-state index is 12.8. The number of methoxy groups -OCH3 is 1. The quantitative estimate of drug-likeness (QED) is 0.703. The summed E-state index contributed by atoms with van der Waals surface area (Å²) in [5.74, 6) is -0.799. The fourth-order valence-electron chi connectivity index (χ4n) is 2.32. The Balaban J connectivity index is 2.04. The Labute approximate surface area is 154 Å². The molecule has 0 saturated heterocycles. The highest BCUT2D eigenvalue weighted by atomic mass is 19.4. The summed E-state index contributed by atoms with van der Waals surface area (Å²) >= 11 is 0. The van der Waals surface area contributed by atoms with Gasteiger partial charge in [0.15, 0.2) is 0 Å². The lowest BCUT2D eigenvalue weighted by atomic mass is 10.1. The molecule has 0 bridgehead atoms. The van der Waals surface area contributed by atoms with E-state index in [0.29, 0.717) is 18.7 Å². The van der Waals surface area contributed by atoms with Gasteiger partial charge in [-0.05, 0) is 42.8 Å². The van der Waals surface area contributed by atoms with Crippen molar-refractivity contribution in [3.05, 3.63) is 59.7 Å². The number of benzene rings is 2. The molecule has 2 N–H and O–H groups in total. The zero-order chi connectivity index (χ0) is 19.9. The van der Waals surface area contributed by atoms with Gasteiger partial charge in [-0.1, -0.05) is 12.1 Å². The fraction of sp³-hybridized carbons (Fsp3) is 0.263. The lowest BCUT2D eigenvalue weighted by molar-refractivity contribution is -0.137. The van der Waals surface area contributed by atoms with E-state index in [1.54, 1.807) is 19.2 Å². The second-order valence-electron chi connectivity index (χ2n) is 5.76. The Kier molecular flexibility index (Phi) is 6.95. The number of halogens is 3. The third-order valence-corrected chi connectivity index (χ3v) is 3.61. The van der Waals surface area contributed by atoms with Gasteiger partial charge in [0, 0.05) is 37.1 Å². The molecule has 2 aromatic carbocycles. The highest BCUT2D eigenvalue weighted by Crippen LogP contribution is 2.30. The van der Waals surface area contributed by atoms with Gasteiger partial charge in [0.25, 0.3) is 5.91 Å². The van der Waals surface area contributed by atoms with Gasteiger partial charge in [0.1, 0.15) is 0 Å². The zero-order valence-electron chi connectivity index (χ0n) is 14.6. The summed E-state index contributed by atoms with van der Waals surface area (Å²) in [4.78, 5) is 24.1. The largest absolute Gasteiger partial charge is 0.416 e. The molecule has 27 heavy (non-hydrogen) atoms. The van der Waals surface area contributed by atoms with Crippen molar-refractivity contribution in [2.24, 2.45) is 0 Å². The topological polar surface area (TPSA) is 67.4 Å². The van der Waals surface area contributed by atoms with Crippen LogP contribution in [0.15, 0.2) is 48.5 Å². The standard InChI is InChI=1S/C19H19F3N2O3/c1-27-10-4-9-17(25)23-15-7-2-5-13(11-15)18(26)24-16-8-3-6-14(12-16)19(20,21)22/h2-3,5-8,11-12H,4,9-10H2,1H3,(H,23,25)(H,24,26). The molecule has 0 spiro atoms. The molecule has 0 atom stereocenters. The SMILES string of the molecule is COCCCC(=O)Nc1cccc(C(=O)Nc2cccc(C(F)(F)F)c2)c1. The molecule has 0 fully saturated rings. The number of alkyl halides is 3. The van der Waals surface area contributed by atoms with Crippen molar-refractivity contribution in [2.75, 3.05) is 24.4 Å². The molecule has 8 heteroatoms. The molecule has 2 aromatic rings. The van der Waals surface area contributed by atoms with E-state index in [0.717, 1.165) is 12.1 Å². The van der Waals surface area contributed by atoms with Crippen LogP contribution in [0.3, 0.4) is 0 Å². The minimum Gasteiger partial charge on any atom is -0.385 e. The first-order valence-electron chi connectivity index (χ1n) is 8.17. The van der Waals surface area contributed by atoms with Crippen LogP contribution in [0.2, 0.25) is 0 Å². The van der Waals surface area contributed by atoms with Gasteiger partial charge in [-0.3, -0.25) is 9.59 Å². The van der Waals surface area contributed by atoms with Gasteiger partial charge in [0.2, 0.25) is 5.91 Å². The number of hydrogen-bond acceptors (Lipinski definition) is 3. The third kappa shape index (κ3) is 6.41. The van der Waals surface area contributed by atoms with Crippen LogP contribution in [0.25, 0.3) is 0 Å². The van der Waals surface area contributed by atoms with E-state index in [2.05, 4.69) is 10.6 Å². The number of nitrogens with one attached hydrogen (secondary N) is 2. The first-order chi connectivity index (χ1) is 12.8. The number of hydrogen-bond donors (Lipinski definition) is 2. The summed E-state index contributed by atoms with van der Waals surface area (Å²) in [6.45, 7) is 0.465. The molecule has 5 nitrogen and oxygen atoms in total. The minimum atomic E-state index is -4.49. The predicted octanol–water partition coefficient (Wildman–Crippen LogP) is 4.32. The van der Waals surface area contributed by atoms with Crippen molar-refractivity contribution in [1.29, 1.82) is 0 Å². The summed E-state index contributed by atoms with van der Waals surface area (Å²) in [5, 5.41) is 5.09. The molecule has 0 aliphatic heterocycles. The number of ether oxygens (including phenoxy) is 1. The third-order valence-electron chi connectivity index (χ3n) is 3.61. The van der Waals surface area contributed by atoms with Crippen molar-refractivity contribution in [3.8, 4) is 0 Å². The molecule has 0 radical (unpaired) electrons. The number of rotatable bonds is 7. The number of amides is 2. The Morgan fingerprint density at radius 3 is 2.33 bits per heavy atom. The molecular weight excluding hydrogens is 361 g/mol. The highest BCUT2D eigenvalue weighted by Gasteiger charge is 2.30. The van der Waals surface area contributed by atoms with Gasteiger partial charge in [0.05, 0.1) is 5.56 Å². The van der Waals surface area contributed by atoms with Crippen LogP contribution in [-0.4, -0.2) is 25.5 Å². The molecule has 144 valence electrons. The Bertz CT molecular complexity index is 807. The average Bonchev–Trinajstić information content (AvgIpc) is 2.61. The lowest BCUT2D eigenvalue weighted by Crippen LogP contribution is -2.15. The van der Waals surface area contributed by atoms with E-state index < -0.39 is 17.6 Å². The fourth-order valence-corrected chi connectivity index (χ4v) is 2.32. The Morgan fingerprint density at radius 1 is 1.00 bits per heavy atom. The summed E-state index contributed by atoms with van der Waals surface area (Å²) in [6.07, 6.45) is -3.65. The molecule has 0 aliphatic rings. The van der Waals surface area contributed by atoms with E-state index in [1.165, 1.54) is 24.3 Å². The van der Waals surface area contributed by atoms with Gasteiger partial charge in [-0.2, -0.15) is 13.2 Å². The van der Waals surface area contributed by atoms with Crippen LogP contribution in [0.4, 0.5) is 24.5 Å². The monoisotopic (exact) mass is 380 g/mol. The summed E-state index contributed by atoms with van der Waals surface area (Å²) in [6, 6.07) is 10.5. The predicted molar refractivity (Wildman–Crippen MR) is 95.6 cm³/mol. The van der Waals surface area contributed by atoms with Gasteiger partial charge in [-0.25, -0.2) is 0 Å². The summed E-state index contributed by atoms with van der Waals surface area (Å²) < 4.78 is 43.1. The van der Waals surface area contributed by atoms with Crippen molar-refractivity contribution in [1.82, 2.24) is 0 Å². The van der Waals surface area contributed by atoms with Crippen LogP contribution in [-0.2, 0) is 15.7 Å². The van der Waals surface area contributed by atoms with Crippen LogP contribution in [0, 0.1) is 0 Å². The zero-order valence-corrected chi connectivity index (χ0v) is 14.6. The second-order valence-corrected chi connectivity index (χ2v) is 5.76. The number of anilines is 2. The molecule has 0 aromatic heterocycles. The van der Waals surface area contributed by atoms with Gasteiger partial charge in [-0.15, -0.1) is 0 Å². The molecule has 0 saturated carbocycles. The molecular formula is C19H19F3N2O3. The van der Waals surface area contributed by atoms with Gasteiger partial charge < -0.3 is 15.4 Å². The Morgan fingerprint density at radius 2 is 1.67 bits per heavy atom. The molecule has 2 rings (SSSR count). The van der Waals surface area contributed by atoms with E-state index in [-0.39, 0.29) is 23.6 Å². The minimum absolute atomic E-state index is 0.0313. The highest BCUT2D eigenvalue weighted by molar-refractivity contribution is 6.05. The smallest absolute Gasteiger partial charge is 0.385 e. The maximum Gasteiger partial charge on any atom is 0.416 e. The first-order valence-corrected chi connectivity index (χ1v) is 8.17. The number of carbonyl (C=O) groups excluding carboxylic acids is 2. The van der Waals surface area contributed by atoms with Crippen molar-refractivity contribution >= 4 is 23.2 Å². The van der Waals surface area contributed by atoms with E-state index >= 15 is 0 Å². The van der Waals surface area contributed by atoms with Crippen LogP contribution in [0.5, 0.6) is 0 Å². The second kappa shape index (κ2) is 9.18. The summed E-state index contributed by atoms with van der Waals surface area (Å²) in [7, 11) is 1.55. The first kappa shape index (κ1) is 20.4. The van der Waals surface area contributed by atoms with Crippen LogP contribution in [0.1, 0.15) is 28.8 Å². The number of carbonyl (C=O) groups is 2. The van der Waals surface area contributed by atoms with Crippen LogP contribution >= 0.6 is 0 Å². The van der Waals surface area contributed by atoms with Crippen molar-refractivity contribution in [3.63, 3.8) is 0 Å². The van der Waals surface area contributed by atoms with Crippen molar-refractivity contribution < 1.29 is 27.5 Å². The average molecular weight is 380 g/mol. The normalized spacial score (nSPS) is 11.1. The van der Waals surface area contributed by atoms with E-state index in [4.69, 9.17) is 4.74 Å². The Hall–Kier alpha value is -2.87. The summed E-state index contributed by atoms with van der Waals surface area (Å²) in [5.41, 5.74) is -0.183.